The molecule has 21 heavy (non-hydrogen) atoms. The lowest BCUT2D eigenvalue weighted by Gasteiger charge is -2.31. The second-order valence-corrected chi connectivity index (χ2v) is 7.01. The van der Waals surface area contributed by atoms with Crippen LogP contribution in [-0.4, -0.2) is 29.1 Å². The van der Waals surface area contributed by atoms with Crippen LogP contribution in [0.1, 0.15) is 51.5 Å². The molecule has 2 aliphatic rings. The predicted molar refractivity (Wildman–Crippen MR) is 86.3 cm³/mol. The van der Waals surface area contributed by atoms with Crippen molar-refractivity contribution in [2.45, 2.75) is 58.5 Å². The van der Waals surface area contributed by atoms with Gasteiger partial charge < -0.3 is 10.2 Å². The molecule has 3 rings (SSSR count). The predicted octanol–water partition coefficient (Wildman–Crippen LogP) is 2.99. The smallest absolute Gasteiger partial charge is 0.225 e. The molecule has 0 aromatic carbocycles. The van der Waals surface area contributed by atoms with Crippen molar-refractivity contribution in [2.75, 3.05) is 18.0 Å². The summed E-state index contributed by atoms with van der Waals surface area (Å²) in [4.78, 5) is 11.7. The lowest BCUT2D eigenvalue weighted by molar-refractivity contribution is 0.341. The second-order valence-electron chi connectivity index (χ2n) is 7.01. The van der Waals surface area contributed by atoms with Crippen molar-refractivity contribution in [3.8, 4) is 0 Å². The van der Waals surface area contributed by atoms with E-state index in [9.17, 15) is 0 Å². The molecule has 1 N–H and O–H groups in total. The fraction of sp³-hybridized carbons (Fsp3) is 0.765. The van der Waals surface area contributed by atoms with Gasteiger partial charge in [-0.15, -0.1) is 0 Å². The highest BCUT2D eigenvalue weighted by Crippen LogP contribution is 2.37. The molecule has 1 aliphatic carbocycles. The average Bonchev–Trinajstić information content (AvgIpc) is 2.92. The summed E-state index contributed by atoms with van der Waals surface area (Å²) in [6.45, 7) is 7.49. The molecule has 1 aromatic heterocycles. The van der Waals surface area contributed by atoms with Crippen molar-refractivity contribution in [2.24, 2.45) is 11.8 Å². The maximum Gasteiger partial charge on any atom is 0.225 e. The second kappa shape index (κ2) is 6.73. The molecule has 4 nitrogen and oxygen atoms in total. The average molecular weight is 288 g/mol. The Kier molecular flexibility index (Phi) is 4.73. The summed E-state index contributed by atoms with van der Waals surface area (Å²) in [6, 6.07) is 0.698. The first-order valence-electron chi connectivity index (χ1n) is 8.52. The molecule has 0 spiro atoms. The van der Waals surface area contributed by atoms with Crippen LogP contribution in [0.2, 0.25) is 0 Å². The number of fused-ring (bicyclic) bond motifs is 1. The van der Waals surface area contributed by atoms with E-state index in [0.29, 0.717) is 12.0 Å². The SMILES string of the molecule is CC(C)CNCc1cnc(N2CCC3CCCCC32)nc1. The first-order chi connectivity index (χ1) is 10.2. The van der Waals surface area contributed by atoms with Crippen LogP contribution < -0.4 is 10.2 Å². The quantitative estimate of drug-likeness (QED) is 0.904. The molecule has 2 heterocycles. The van der Waals surface area contributed by atoms with Gasteiger partial charge in [-0.3, -0.25) is 0 Å². The van der Waals surface area contributed by atoms with Gasteiger partial charge in [0.2, 0.25) is 5.95 Å². The topological polar surface area (TPSA) is 41.1 Å². The minimum absolute atomic E-state index is 0.679. The molecule has 1 saturated heterocycles. The number of hydrogen-bond acceptors (Lipinski definition) is 4. The maximum atomic E-state index is 4.62. The lowest BCUT2D eigenvalue weighted by Crippen LogP contribution is -2.35. The fourth-order valence-corrected chi connectivity index (χ4v) is 3.75. The number of aromatic nitrogens is 2. The minimum Gasteiger partial charge on any atom is -0.338 e. The third-order valence-electron chi connectivity index (χ3n) is 4.84. The van der Waals surface area contributed by atoms with Crippen molar-refractivity contribution in [1.82, 2.24) is 15.3 Å². The van der Waals surface area contributed by atoms with E-state index in [1.807, 2.05) is 12.4 Å². The van der Waals surface area contributed by atoms with Crippen LogP contribution in [0.15, 0.2) is 12.4 Å². The van der Waals surface area contributed by atoms with Crippen molar-refractivity contribution < 1.29 is 0 Å². The number of nitrogens with one attached hydrogen (secondary N) is 1. The largest absolute Gasteiger partial charge is 0.338 e. The zero-order valence-corrected chi connectivity index (χ0v) is 13.4. The number of nitrogens with zero attached hydrogens (tertiary/aromatic N) is 3. The molecular formula is C17H28N4. The van der Waals surface area contributed by atoms with E-state index in [-0.39, 0.29) is 0 Å². The Morgan fingerprint density at radius 3 is 2.71 bits per heavy atom. The van der Waals surface area contributed by atoms with Crippen molar-refractivity contribution in [3.63, 3.8) is 0 Å². The van der Waals surface area contributed by atoms with Crippen LogP contribution in [0, 0.1) is 11.8 Å². The summed E-state index contributed by atoms with van der Waals surface area (Å²) in [5, 5.41) is 3.44. The summed E-state index contributed by atoms with van der Waals surface area (Å²) in [6.07, 6.45) is 10.8. The standard InChI is InChI=1S/C17H28N4/c1-13(2)9-18-10-14-11-19-17(20-12-14)21-8-7-15-5-3-4-6-16(15)21/h11-13,15-16,18H,3-10H2,1-2H3. The van der Waals surface area contributed by atoms with E-state index < -0.39 is 0 Å². The molecule has 0 bridgehead atoms. The Bertz CT molecular complexity index is 443. The van der Waals surface area contributed by atoms with Gasteiger partial charge in [0.1, 0.15) is 0 Å². The number of rotatable bonds is 5. The third-order valence-corrected chi connectivity index (χ3v) is 4.84. The van der Waals surface area contributed by atoms with Crippen molar-refractivity contribution in [3.05, 3.63) is 18.0 Å². The molecule has 0 radical (unpaired) electrons. The summed E-state index contributed by atoms with van der Waals surface area (Å²) < 4.78 is 0. The van der Waals surface area contributed by atoms with Gasteiger partial charge in [-0.25, -0.2) is 9.97 Å². The number of anilines is 1. The monoisotopic (exact) mass is 288 g/mol. The first kappa shape index (κ1) is 14.8. The summed E-state index contributed by atoms with van der Waals surface area (Å²) in [5.41, 5.74) is 1.18. The summed E-state index contributed by atoms with van der Waals surface area (Å²) >= 11 is 0. The van der Waals surface area contributed by atoms with Crippen LogP contribution in [0.5, 0.6) is 0 Å². The van der Waals surface area contributed by atoms with Gasteiger partial charge in [-0.2, -0.15) is 0 Å². The Hall–Kier alpha value is -1.16. The van der Waals surface area contributed by atoms with Crippen LogP contribution in [0.3, 0.4) is 0 Å². The van der Waals surface area contributed by atoms with Gasteiger partial charge in [-0.05, 0) is 37.6 Å². The third kappa shape index (κ3) is 3.54. The molecule has 1 aliphatic heterocycles. The van der Waals surface area contributed by atoms with E-state index in [2.05, 4.69) is 34.0 Å². The van der Waals surface area contributed by atoms with Crippen molar-refractivity contribution in [1.29, 1.82) is 0 Å². The highest BCUT2D eigenvalue weighted by atomic mass is 15.3. The molecule has 2 fully saturated rings. The van der Waals surface area contributed by atoms with Crippen LogP contribution in [0.4, 0.5) is 5.95 Å². The van der Waals surface area contributed by atoms with Gasteiger partial charge in [0.25, 0.3) is 0 Å². The van der Waals surface area contributed by atoms with E-state index in [0.717, 1.165) is 31.5 Å². The first-order valence-corrected chi connectivity index (χ1v) is 8.52. The van der Waals surface area contributed by atoms with Crippen LogP contribution >= 0.6 is 0 Å². The van der Waals surface area contributed by atoms with E-state index >= 15 is 0 Å². The molecule has 2 atom stereocenters. The van der Waals surface area contributed by atoms with Gasteiger partial charge in [-0.1, -0.05) is 26.7 Å². The van der Waals surface area contributed by atoms with Gasteiger partial charge >= 0.3 is 0 Å². The van der Waals surface area contributed by atoms with Crippen molar-refractivity contribution >= 4 is 5.95 Å². The molecule has 116 valence electrons. The highest BCUT2D eigenvalue weighted by molar-refractivity contribution is 5.34. The van der Waals surface area contributed by atoms with E-state index in [1.165, 1.54) is 37.7 Å². The molecule has 1 aromatic rings. The molecule has 1 saturated carbocycles. The fourth-order valence-electron chi connectivity index (χ4n) is 3.75. The molecular weight excluding hydrogens is 260 g/mol. The van der Waals surface area contributed by atoms with Crippen LogP contribution in [0.25, 0.3) is 0 Å². The number of hydrogen-bond donors (Lipinski definition) is 1. The zero-order chi connectivity index (χ0) is 14.7. The van der Waals surface area contributed by atoms with E-state index in [4.69, 9.17) is 0 Å². The Labute approximate surface area is 128 Å². The van der Waals surface area contributed by atoms with Gasteiger partial charge in [0.15, 0.2) is 0 Å². The van der Waals surface area contributed by atoms with Gasteiger partial charge in [0.05, 0.1) is 0 Å². The Morgan fingerprint density at radius 2 is 1.95 bits per heavy atom. The summed E-state index contributed by atoms with van der Waals surface area (Å²) in [7, 11) is 0. The highest BCUT2D eigenvalue weighted by Gasteiger charge is 2.36. The Balaban J connectivity index is 1.59. The lowest BCUT2D eigenvalue weighted by atomic mass is 9.85. The normalized spacial score (nSPS) is 25.4. The zero-order valence-electron chi connectivity index (χ0n) is 13.4. The Morgan fingerprint density at radius 1 is 1.19 bits per heavy atom. The van der Waals surface area contributed by atoms with E-state index in [1.54, 1.807) is 0 Å². The maximum absolute atomic E-state index is 4.62. The van der Waals surface area contributed by atoms with Gasteiger partial charge in [0, 0.05) is 37.1 Å². The molecule has 0 amide bonds. The molecule has 4 heteroatoms. The minimum atomic E-state index is 0.679. The van der Waals surface area contributed by atoms with Crippen LogP contribution in [-0.2, 0) is 6.54 Å². The summed E-state index contributed by atoms with van der Waals surface area (Å²) in [5.74, 6) is 2.50. The molecule has 2 unspecified atom stereocenters.